The number of thiazole rings is 1. The van der Waals surface area contributed by atoms with Crippen LogP contribution in [0.5, 0.6) is 0 Å². The third-order valence-corrected chi connectivity index (χ3v) is 5.70. The summed E-state index contributed by atoms with van der Waals surface area (Å²) in [5, 5.41) is 10.4. The van der Waals surface area contributed by atoms with E-state index in [2.05, 4.69) is 4.98 Å². The Morgan fingerprint density at radius 2 is 2.04 bits per heavy atom. The molecule has 0 saturated heterocycles. The number of hydrogen-bond donors (Lipinski definition) is 1. The Labute approximate surface area is 159 Å². The van der Waals surface area contributed by atoms with Gasteiger partial charge in [0.15, 0.2) is 11.6 Å². The Kier molecular flexibility index (Phi) is 4.12. The van der Waals surface area contributed by atoms with Crippen LogP contribution in [0.1, 0.15) is 5.69 Å². The van der Waals surface area contributed by atoms with E-state index in [-0.39, 0.29) is 16.3 Å². The van der Waals surface area contributed by atoms with E-state index in [1.807, 2.05) is 0 Å². The van der Waals surface area contributed by atoms with Crippen molar-refractivity contribution in [3.63, 3.8) is 0 Å². The molecule has 2 aromatic heterocycles. The molecule has 27 heavy (non-hydrogen) atoms. The summed E-state index contributed by atoms with van der Waals surface area (Å²) in [5.74, 6) is -4.51. The zero-order valence-corrected chi connectivity index (χ0v) is 15.3. The van der Waals surface area contributed by atoms with E-state index in [0.29, 0.717) is 33.2 Å². The number of carbonyl (C=O) groups is 1. The topological polar surface area (TPSA) is 55.1 Å². The molecule has 0 saturated carbocycles. The maximum atomic E-state index is 14.1. The van der Waals surface area contributed by atoms with Crippen molar-refractivity contribution in [2.24, 2.45) is 0 Å². The van der Waals surface area contributed by atoms with Gasteiger partial charge < -0.3 is 9.67 Å². The molecule has 0 fully saturated rings. The second-order valence-corrected chi connectivity index (χ2v) is 7.33. The van der Waals surface area contributed by atoms with Crippen molar-refractivity contribution >= 4 is 50.0 Å². The van der Waals surface area contributed by atoms with Gasteiger partial charge in [-0.25, -0.2) is 18.2 Å². The molecule has 0 amide bonds. The van der Waals surface area contributed by atoms with Crippen molar-refractivity contribution < 1.29 is 23.1 Å². The Balaban J connectivity index is 2.08. The summed E-state index contributed by atoms with van der Waals surface area (Å²) in [7, 11) is 0. The molecule has 0 bridgehead atoms. The zero-order valence-electron chi connectivity index (χ0n) is 13.7. The molecule has 0 unspecified atom stereocenters. The predicted molar refractivity (Wildman–Crippen MR) is 97.8 cm³/mol. The van der Waals surface area contributed by atoms with Crippen LogP contribution >= 0.6 is 22.9 Å². The van der Waals surface area contributed by atoms with Gasteiger partial charge in [0.05, 0.1) is 15.2 Å². The minimum Gasteiger partial charge on any atom is -0.480 e. The van der Waals surface area contributed by atoms with Crippen molar-refractivity contribution in [1.29, 1.82) is 0 Å². The molecule has 0 aliphatic carbocycles. The lowest BCUT2D eigenvalue weighted by molar-refractivity contribution is -0.137. The predicted octanol–water partition coefficient (Wildman–Crippen LogP) is 5.38. The Bertz CT molecular complexity index is 1250. The van der Waals surface area contributed by atoms with Gasteiger partial charge in [0.25, 0.3) is 0 Å². The van der Waals surface area contributed by atoms with E-state index in [1.54, 1.807) is 25.1 Å². The van der Waals surface area contributed by atoms with E-state index in [4.69, 9.17) is 11.6 Å². The summed E-state index contributed by atoms with van der Waals surface area (Å²) in [4.78, 5) is 15.4. The van der Waals surface area contributed by atoms with E-state index >= 15 is 0 Å². The van der Waals surface area contributed by atoms with Gasteiger partial charge >= 0.3 is 5.97 Å². The van der Waals surface area contributed by atoms with Crippen LogP contribution in [0.25, 0.3) is 31.7 Å². The average Bonchev–Trinajstić information content (AvgIpc) is 3.14. The fourth-order valence-electron chi connectivity index (χ4n) is 3.18. The number of carboxylic acids is 1. The van der Waals surface area contributed by atoms with Crippen molar-refractivity contribution in [2.45, 2.75) is 13.5 Å². The van der Waals surface area contributed by atoms with Crippen LogP contribution in [0.3, 0.4) is 0 Å². The smallest absolute Gasteiger partial charge is 0.323 e. The molecule has 1 N–H and O–H groups in total. The highest BCUT2D eigenvalue weighted by Crippen LogP contribution is 2.41. The molecule has 4 nitrogen and oxygen atoms in total. The van der Waals surface area contributed by atoms with Crippen LogP contribution in [0.4, 0.5) is 13.2 Å². The summed E-state index contributed by atoms with van der Waals surface area (Å²) in [6, 6.07) is 5.52. The number of fused-ring (bicyclic) bond motifs is 2. The summed E-state index contributed by atoms with van der Waals surface area (Å²) in [6.07, 6.45) is 0. The van der Waals surface area contributed by atoms with E-state index in [9.17, 15) is 23.1 Å². The minimum atomic E-state index is -1.31. The molecule has 4 aromatic rings. The number of aliphatic carboxylic acids is 1. The van der Waals surface area contributed by atoms with Gasteiger partial charge in [-0.3, -0.25) is 4.79 Å². The standard InChI is InChI=1S/C18H10ClF3N2O2S/c1-7-13(8-3-2-4-9(19)16(8)24(7)6-12(25)26)18-23-15-14(22)10(20)5-11(21)17(15)27-18/h2-5H,6H2,1H3,(H,25,26). The Morgan fingerprint density at radius 3 is 2.74 bits per heavy atom. The molecule has 0 spiro atoms. The van der Waals surface area contributed by atoms with Crippen molar-refractivity contribution in [3.8, 4) is 10.6 Å². The van der Waals surface area contributed by atoms with Crippen molar-refractivity contribution in [1.82, 2.24) is 9.55 Å². The van der Waals surface area contributed by atoms with Gasteiger partial charge in [-0.15, -0.1) is 11.3 Å². The molecule has 0 radical (unpaired) electrons. The van der Waals surface area contributed by atoms with Gasteiger partial charge in [-0.05, 0) is 13.0 Å². The number of carboxylic acid groups (broad SMARTS) is 1. The van der Waals surface area contributed by atoms with Crippen LogP contribution in [0, 0.1) is 24.4 Å². The summed E-state index contributed by atoms with van der Waals surface area (Å²) >= 11 is 7.14. The van der Waals surface area contributed by atoms with Crippen molar-refractivity contribution in [3.05, 3.63) is 52.4 Å². The van der Waals surface area contributed by atoms with Crippen molar-refractivity contribution in [2.75, 3.05) is 0 Å². The van der Waals surface area contributed by atoms with Crippen LogP contribution in [-0.4, -0.2) is 20.6 Å². The number of nitrogens with zero attached hydrogens (tertiary/aromatic N) is 2. The highest BCUT2D eigenvalue weighted by atomic mass is 35.5. The van der Waals surface area contributed by atoms with Gasteiger partial charge in [-0.2, -0.15) is 0 Å². The van der Waals surface area contributed by atoms with Crippen LogP contribution in [0.15, 0.2) is 24.3 Å². The number of benzene rings is 2. The minimum absolute atomic E-state index is 0.107. The number of aromatic nitrogens is 2. The SMILES string of the molecule is Cc1c(-c2nc3c(F)c(F)cc(F)c3s2)c2cccc(Cl)c2n1CC(=O)O. The van der Waals surface area contributed by atoms with E-state index < -0.39 is 28.9 Å². The van der Waals surface area contributed by atoms with Gasteiger partial charge in [0.1, 0.15) is 22.9 Å². The molecule has 0 aliphatic rings. The van der Waals surface area contributed by atoms with Crippen LogP contribution in [-0.2, 0) is 11.3 Å². The number of para-hydroxylation sites is 1. The molecule has 9 heteroatoms. The molecule has 138 valence electrons. The lowest BCUT2D eigenvalue weighted by Gasteiger charge is -2.05. The molecule has 2 heterocycles. The number of halogens is 4. The van der Waals surface area contributed by atoms with Gasteiger partial charge in [0, 0.05) is 22.7 Å². The molecule has 0 aliphatic heterocycles. The monoisotopic (exact) mass is 410 g/mol. The maximum Gasteiger partial charge on any atom is 0.323 e. The number of rotatable bonds is 3. The van der Waals surface area contributed by atoms with Gasteiger partial charge in [0.2, 0.25) is 0 Å². The first-order chi connectivity index (χ1) is 12.8. The quantitative estimate of drug-likeness (QED) is 0.461. The third-order valence-electron chi connectivity index (χ3n) is 4.32. The second-order valence-electron chi connectivity index (χ2n) is 5.93. The van der Waals surface area contributed by atoms with Crippen LogP contribution in [0.2, 0.25) is 5.02 Å². The number of hydrogen-bond acceptors (Lipinski definition) is 3. The van der Waals surface area contributed by atoms with E-state index in [0.717, 1.165) is 11.3 Å². The largest absolute Gasteiger partial charge is 0.480 e. The average molecular weight is 411 g/mol. The maximum absolute atomic E-state index is 14.1. The zero-order chi connectivity index (χ0) is 19.5. The van der Waals surface area contributed by atoms with Crippen LogP contribution < -0.4 is 0 Å². The summed E-state index contributed by atoms with van der Waals surface area (Å²) < 4.78 is 43.1. The Morgan fingerprint density at radius 1 is 1.30 bits per heavy atom. The molecule has 2 aromatic carbocycles. The van der Waals surface area contributed by atoms with Gasteiger partial charge in [-0.1, -0.05) is 23.7 Å². The molecular weight excluding hydrogens is 401 g/mol. The second kappa shape index (κ2) is 6.24. The summed E-state index contributed by atoms with van der Waals surface area (Å²) in [5.41, 5.74) is 1.13. The highest BCUT2D eigenvalue weighted by molar-refractivity contribution is 7.21. The van der Waals surface area contributed by atoms with E-state index in [1.165, 1.54) is 4.57 Å². The normalized spacial score (nSPS) is 11.6. The Hall–Kier alpha value is -2.58. The highest BCUT2D eigenvalue weighted by Gasteiger charge is 2.24. The fourth-order valence-corrected chi connectivity index (χ4v) is 4.54. The summed E-state index contributed by atoms with van der Waals surface area (Å²) in [6.45, 7) is 1.34. The molecular formula is C18H10ClF3N2O2S. The lowest BCUT2D eigenvalue weighted by atomic mass is 10.1. The third kappa shape index (κ3) is 2.67. The molecule has 4 rings (SSSR count). The fraction of sp³-hybridized carbons (Fsp3) is 0.111. The molecule has 0 atom stereocenters. The first-order valence-corrected chi connectivity index (χ1v) is 8.92. The first-order valence-electron chi connectivity index (χ1n) is 7.73. The first kappa shape index (κ1) is 17.8. The lowest BCUT2D eigenvalue weighted by Crippen LogP contribution is -2.10.